The average molecular weight is 344 g/mol. The van der Waals surface area contributed by atoms with E-state index in [1.165, 1.54) is 31.5 Å². The van der Waals surface area contributed by atoms with Crippen molar-refractivity contribution in [1.29, 1.82) is 0 Å². The molecule has 0 saturated carbocycles. The predicted molar refractivity (Wildman–Crippen MR) is 108 cm³/mol. The minimum Gasteiger partial charge on any atom is -0.497 e. The third kappa shape index (κ3) is 5.33. The van der Waals surface area contributed by atoms with Crippen LogP contribution in [0.3, 0.4) is 0 Å². The van der Waals surface area contributed by atoms with Gasteiger partial charge in [-0.1, -0.05) is 26.3 Å². The van der Waals surface area contributed by atoms with Crippen molar-refractivity contribution >= 4 is 16.6 Å². The van der Waals surface area contributed by atoms with E-state index in [-0.39, 0.29) is 0 Å². The molecular weight excluding hydrogens is 310 g/mol. The van der Waals surface area contributed by atoms with E-state index in [1.807, 2.05) is 12.3 Å². The first-order valence-corrected chi connectivity index (χ1v) is 9.63. The zero-order valence-corrected chi connectivity index (χ0v) is 16.3. The molecule has 0 aliphatic carbocycles. The Morgan fingerprint density at radius 1 is 0.960 bits per heavy atom. The van der Waals surface area contributed by atoms with Crippen LogP contribution >= 0.6 is 0 Å². The van der Waals surface area contributed by atoms with Crippen molar-refractivity contribution in [3.05, 3.63) is 30.5 Å². The molecule has 0 aliphatic rings. The van der Waals surface area contributed by atoms with E-state index in [4.69, 9.17) is 4.74 Å². The summed E-state index contributed by atoms with van der Waals surface area (Å²) in [5, 5.41) is 1.14. The summed E-state index contributed by atoms with van der Waals surface area (Å²) < 4.78 is 5.49. The Balaban J connectivity index is 2.01. The van der Waals surface area contributed by atoms with Gasteiger partial charge >= 0.3 is 0 Å². The fraction of sp³-hybridized carbons (Fsp3) is 0.571. The zero-order chi connectivity index (χ0) is 18.1. The number of pyridine rings is 1. The monoisotopic (exact) mass is 343 g/mol. The zero-order valence-electron chi connectivity index (χ0n) is 16.3. The molecule has 0 spiro atoms. The molecule has 138 valence electrons. The molecule has 2 aromatic rings. The van der Waals surface area contributed by atoms with Crippen LogP contribution in [0.1, 0.15) is 40.0 Å². The Hall–Kier alpha value is -1.81. The fourth-order valence-electron chi connectivity index (χ4n) is 3.31. The van der Waals surface area contributed by atoms with Crippen LogP contribution in [0, 0.1) is 0 Å². The van der Waals surface area contributed by atoms with Crippen molar-refractivity contribution in [2.24, 2.45) is 0 Å². The van der Waals surface area contributed by atoms with Gasteiger partial charge in [-0.25, -0.2) is 0 Å². The van der Waals surface area contributed by atoms with Gasteiger partial charge in [-0.05, 0) is 51.5 Å². The van der Waals surface area contributed by atoms with E-state index >= 15 is 0 Å². The van der Waals surface area contributed by atoms with Crippen LogP contribution in [0.5, 0.6) is 5.75 Å². The largest absolute Gasteiger partial charge is 0.497 e. The molecule has 1 heterocycles. The molecule has 1 aromatic heterocycles. The molecule has 25 heavy (non-hydrogen) atoms. The number of methoxy groups -OCH3 is 1. The standard InChI is InChI=1S/C21H33N3O/c1-5-23(6-2)14-9-8-10-15-24(7-3)20-17-19(25-4)16-18-12-11-13-22-21(18)20/h11-13,16-17H,5-10,14-15H2,1-4H3. The summed E-state index contributed by atoms with van der Waals surface area (Å²) in [7, 11) is 1.73. The van der Waals surface area contributed by atoms with Gasteiger partial charge in [0.2, 0.25) is 0 Å². The number of aromatic nitrogens is 1. The van der Waals surface area contributed by atoms with Gasteiger partial charge in [0.25, 0.3) is 0 Å². The van der Waals surface area contributed by atoms with Crippen LogP contribution in [-0.4, -0.2) is 49.7 Å². The Bertz CT molecular complexity index is 640. The summed E-state index contributed by atoms with van der Waals surface area (Å²) in [5.74, 6) is 0.899. The van der Waals surface area contributed by atoms with Gasteiger partial charge in [0.15, 0.2) is 0 Å². The number of hydrogen-bond acceptors (Lipinski definition) is 4. The quantitative estimate of drug-likeness (QED) is 0.558. The highest BCUT2D eigenvalue weighted by Crippen LogP contribution is 2.30. The summed E-state index contributed by atoms with van der Waals surface area (Å²) >= 11 is 0. The predicted octanol–water partition coefficient (Wildman–Crippen LogP) is 4.58. The molecule has 2 rings (SSSR count). The molecule has 0 aliphatic heterocycles. The van der Waals surface area contributed by atoms with E-state index in [2.05, 4.69) is 53.8 Å². The molecule has 0 amide bonds. The van der Waals surface area contributed by atoms with E-state index in [9.17, 15) is 0 Å². The van der Waals surface area contributed by atoms with Crippen molar-refractivity contribution in [3.8, 4) is 5.75 Å². The SMILES string of the molecule is CCN(CC)CCCCCN(CC)c1cc(OC)cc2cccnc12. The second-order valence-electron chi connectivity index (χ2n) is 6.39. The highest BCUT2D eigenvalue weighted by Gasteiger charge is 2.12. The molecular formula is C21H33N3O. The molecule has 1 aromatic carbocycles. The summed E-state index contributed by atoms with van der Waals surface area (Å²) in [4.78, 5) is 9.53. The number of ether oxygens (including phenoxy) is 1. The van der Waals surface area contributed by atoms with E-state index in [0.29, 0.717) is 0 Å². The Labute approximate surface area is 152 Å². The maximum absolute atomic E-state index is 5.49. The number of anilines is 1. The summed E-state index contributed by atoms with van der Waals surface area (Å²) in [5.41, 5.74) is 2.24. The van der Waals surface area contributed by atoms with Crippen LogP contribution in [0.4, 0.5) is 5.69 Å². The smallest absolute Gasteiger partial charge is 0.121 e. The first-order valence-electron chi connectivity index (χ1n) is 9.63. The number of fused-ring (bicyclic) bond motifs is 1. The average Bonchev–Trinajstić information content (AvgIpc) is 2.67. The molecule has 0 radical (unpaired) electrons. The van der Waals surface area contributed by atoms with Crippen LogP contribution in [-0.2, 0) is 0 Å². The lowest BCUT2D eigenvalue weighted by atomic mass is 10.1. The fourth-order valence-corrected chi connectivity index (χ4v) is 3.31. The highest BCUT2D eigenvalue weighted by molar-refractivity contribution is 5.92. The summed E-state index contributed by atoms with van der Waals surface area (Å²) in [6, 6.07) is 8.26. The van der Waals surface area contributed by atoms with Crippen LogP contribution in [0.2, 0.25) is 0 Å². The van der Waals surface area contributed by atoms with E-state index in [1.54, 1.807) is 7.11 Å². The Kier molecular flexibility index (Phi) is 7.99. The molecule has 0 saturated heterocycles. The van der Waals surface area contributed by atoms with Crippen molar-refractivity contribution in [1.82, 2.24) is 9.88 Å². The van der Waals surface area contributed by atoms with E-state index in [0.717, 1.165) is 42.8 Å². The van der Waals surface area contributed by atoms with Gasteiger partial charge in [0.05, 0.1) is 18.3 Å². The molecule has 0 fully saturated rings. The maximum atomic E-state index is 5.49. The van der Waals surface area contributed by atoms with Crippen molar-refractivity contribution in [2.45, 2.75) is 40.0 Å². The summed E-state index contributed by atoms with van der Waals surface area (Å²) in [6.45, 7) is 12.2. The molecule has 0 atom stereocenters. The lowest BCUT2D eigenvalue weighted by Crippen LogP contribution is -2.26. The van der Waals surface area contributed by atoms with Crippen molar-refractivity contribution in [2.75, 3.05) is 44.7 Å². The van der Waals surface area contributed by atoms with Crippen molar-refractivity contribution in [3.63, 3.8) is 0 Å². The number of rotatable bonds is 11. The van der Waals surface area contributed by atoms with Gasteiger partial charge < -0.3 is 14.5 Å². The Morgan fingerprint density at radius 2 is 1.72 bits per heavy atom. The van der Waals surface area contributed by atoms with Crippen molar-refractivity contribution < 1.29 is 4.74 Å². The minimum absolute atomic E-state index is 0.899. The number of hydrogen-bond donors (Lipinski definition) is 0. The topological polar surface area (TPSA) is 28.6 Å². The van der Waals surface area contributed by atoms with Gasteiger partial charge in [0.1, 0.15) is 5.75 Å². The molecule has 0 unspecified atom stereocenters. The first-order chi connectivity index (χ1) is 12.2. The summed E-state index contributed by atoms with van der Waals surface area (Å²) in [6.07, 6.45) is 5.62. The third-order valence-electron chi connectivity index (χ3n) is 4.91. The molecule has 0 bridgehead atoms. The second-order valence-corrected chi connectivity index (χ2v) is 6.39. The lowest BCUT2D eigenvalue weighted by Gasteiger charge is -2.25. The molecule has 0 N–H and O–H groups in total. The lowest BCUT2D eigenvalue weighted by molar-refractivity contribution is 0.296. The number of unbranched alkanes of at least 4 members (excludes halogenated alkanes) is 2. The first kappa shape index (κ1) is 19.5. The second kappa shape index (κ2) is 10.2. The van der Waals surface area contributed by atoms with Crippen LogP contribution in [0.15, 0.2) is 30.5 Å². The minimum atomic E-state index is 0.899. The normalized spacial score (nSPS) is 11.2. The van der Waals surface area contributed by atoms with Gasteiger partial charge in [-0.3, -0.25) is 4.98 Å². The third-order valence-corrected chi connectivity index (χ3v) is 4.91. The highest BCUT2D eigenvalue weighted by atomic mass is 16.5. The van der Waals surface area contributed by atoms with Crippen LogP contribution in [0.25, 0.3) is 10.9 Å². The maximum Gasteiger partial charge on any atom is 0.121 e. The molecule has 4 nitrogen and oxygen atoms in total. The number of benzene rings is 1. The van der Waals surface area contributed by atoms with Crippen LogP contribution < -0.4 is 9.64 Å². The van der Waals surface area contributed by atoms with Gasteiger partial charge in [0, 0.05) is 30.7 Å². The molecule has 4 heteroatoms. The number of nitrogens with zero attached hydrogens (tertiary/aromatic N) is 3. The van der Waals surface area contributed by atoms with Gasteiger partial charge in [-0.2, -0.15) is 0 Å². The Morgan fingerprint density at radius 3 is 2.40 bits per heavy atom. The van der Waals surface area contributed by atoms with Gasteiger partial charge in [-0.15, -0.1) is 0 Å². The van der Waals surface area contributed by atoms with E-state index < -0.39 is 0 Å².